The van der Waals surface area contributed by atoms with Crippen molar-refractivity contribution in [1.29, 1.82) is 0 Å². The fourth-order valence-corrected chi connectivity index (χ4v) is 3.59. The molecule has 34 heavy (non-hydrogen) atoms. The van der Waals surface area contributed by atoms with Crippen LogP contribution in [0.5, 0.6) is 5.75 Å². The molecular formula is C27H30FN3O3. The predicted octanol–water partition coefficient (Wildman–Crippen LogP) is 4.96. The number of para-hydroxylation sites is 1. The van der Waals surface area contributed by atoms with E-state index >= 15 is 0 Å². The van der Waals surface area contributed by atoms with E-state index in [0.717, 1.165) is 17.7 Å². The highest BCUT2D eigenvalue weighted by molar-refractivity contribution is 5.94. The largest absolute Gasteiger partial charge is 0.484 e. The van der Waals surface area contributed by atoms with Crippen molar-refractivity contribution in [2.75, 3.05) is 37.5 Å². The third kappa shape index (κ3) is 6.81. The summed E-state index contributed by atoms with van der Waals surface area (Å²) in [6, 6.07) is 20.3. The number of nitrogens with zero attached hydrogens (tertiary/aromatic N) is 2. The maximum atomic E-state index is 13.3. The van der Waals surface area contributed by atoms with E-state index in [-0.39, 0.29) is 24.2 Å². The molecule has 0 bridgehead atoms. The summed E-state index contributed by atoms with van der Waals surface area (Å²) in [6.07, 6.45) is 0.775. The van der Waals surface area contributed by atoms with Crippen molar-refractivity contribution in [3.63, 3.8) is 0 Å². The van der Waals surface area contributed by atoms with Gasteiger partial charge < -0.3 is 19.9 Å². The molecule has 0 aliphatic heterocycles. The Balaban J connectivity index is 1.76. The Kier molecular flexibility index (Phi) is 8.62. The van der Waals surface area contributed by atoms with Crippen molar-refractivity contribution < 1.29 is 18.7 Å². The van der Waals surface area contributed by atoms with Gasteiger partial charge in [-0.2, -0.15) is 0 Å². The van der Waals surface area contributed by atoms with Gasteiger partial charge in [-0.05, 0) is 66.6 Å². The van der Waals surface area contributed by atoms with Crippen LogP contribution in [0.15, 0.2) is 72.8 Å². The lowest BCUT2D eigenvalue weighted by Crippen LogP contribution is -2.32. The second kappa shape index (κ2) is 11.8. The van der Waals surface area contributed by atoms with Gasteiger partial charge in [0.05, 0.1) is 0 Å². The molecule has 178 valence electrons. The SMILES string of the molecule is CCCN(Cc1cc(NC(=O)COc2ccccc2)ccc1N(C)C)C(=O)c1ccc(F)cc1. The number of amides is 2. The second-order valence-electron chi connectivity index (χ2n) is 8.12. The summed E-state index contributed by atoms with van der Waals surface area (Å²) in [5.74, 6) is -0.207. The molecule has 0 fully saturated rings. The summed E-state index contributed by atoms with van der Waals surface area (Å²) in [5, 5.41) is 2.86. The molecular weight excluding hydrogens is 433 g/mol. The number of carbonyl (C=O) groups is 2. The van der Waals surface area contributed by atoms with Crippen molar-refractivity contribution in [2.45, 2.75) is 19.9 Å². The van der Waals surface area contributed by atoms with Gasteiger partial charge in [0, 0.05) is 44.1 Å². The fourth-order valence-electron chi connectivity index (χ4n) is 3.59. The Morgan fingerprint density at radius 1 is 0.971 bits per heavy atom. The van der Waals surface area contributed by atoms with Gasteiger partial charge in [0.25, 0.3) is 11.8 Å². The lowest BCUT2D eigenvalue weighted by Gasteiger charge is -2.26. The van der Waals surface area contributed by atoms with Crippen molar-refractivity contribution in [1.82, 2.24) is 4.90 Å². The van der Waals surface area contributed by atoms with Crippen molar-refractivity contribution in [3.05, 3.63) is 89.7 Å². The molecule has 0 spiro atoms. The van der Waals surface area contributed by atoms with Crippen LogP contribution in [0.3, 0.4) is 0 Å². The van der Waals surface area contributed by atoms with Gasteiger partial charge in [0.15, 0.2) is 6.61 Å². The minimum Gasteiger partial charge on any atom is -0.484 e. The van der Waals surface area contributed by atoms with Crippen molar-refractivity contribution in [3.8, 4) is 5.75 Å². The standard InChI is InChI=1S/C27H30FN3O3/c1-4-16-31(27(33)20-10-12-22(28)13-11-20)18-21-17-23(14-15-25(21)30(2)3)29-26(32)19-34-24-8-6-5-7-9-24/h5-15,17H,4,16,18-19H2,1-3H3,(H,29,32). The van der Waals surface area contributed by atoms with Crippen LogP contribution in [0.25, 0.3) is 0 Å². The Morgan fingerprint density at radius 3 is 2.32 bits per heavy atom. The number of hydrogen-bond acceptors (Lipinski definition) is 4. The Labute approximate surface area is 200 Å². The van der Waals surface area contributed by atoms with E-state index in [1.807, 2.05) is 62.3 Å². The maximum Gasteiger partial charge on any atom is 0.262 e. The minimum atomic E-state index is -0.381. The monoisotopic (exact) mass is 463 g/mol. The third-order valence-electron chi connectivity index (χ3n) is 5.19. The highest BCUT2D eigenvalue weighted by Gasteiger charge is 2.18. The van der Waals surface area contributed by atoms with E-state index < -0.39 is 0 Å². The average molecular weight is 464 g/mol. The van der Waals surface area contributed by atoms with E-state index in [9.17, 15) is 14.0 Å². The smallest absolute Gasteiger partial charge is 0.262 e. The first-order valence-electron chi connectivity index (χ1n) is 11.2. The third-order valence-corrected chi connectivity index (χ3v) is 5.19. The summed E-state index contributed by atoms with van der Waals surface area (Å²) >= 11 is 0. The molecule has 3 aromatic carbocycles. The number of rotatable bonds is 10. The summed E-state index contributed by atoms with van der Waals surface area (Å²) in [5.41, 5.74) is 2.87. The Bertz CT molecular complexity index is 1100. The van der Waals surface area contributed by atoms with Crippen LogP contribution >= 0.6 is 0 Å². The number of benzene rings is 3. The van der Waals surface area contributed by atoms with E-state index in [4.69, 9.17) is 4.74 Å². The number of anilines is 2. The van der Waals surface area contributed by atoms with Gasteiger partial charge in [-0.15, -0.1) is 0 Å². The fraction of sp³-hybridized carbons (Fsp3) is 0.259. The topological polar surface area (TPSA) is 61.9 Å². The van der Waals surface area contributed by atoms with Gasteiger partial charge in [0.1, 0.15) is 11.6 Å². The highest BCUT2D eigenvalue weighted by atomic mass is 19.1. The summed E-state index contributed by atoms with van der Waals surface area (Å²) < 4.78 is 18.8. The second-order valence-corrected chi connectivity index (χ2v) is 8.12. The van der Waals surface area contributed by atoms with Crippen LogP contribution in [0, 0.1) is 5.82 Å². The molecule has 3 aromatic rings. The average Bonchev–Trinajstić information content (AvgIpc) is 2.83. The normalized spacial score (nSPS) is 10.5. The maximum absolute atomic E-state index is 13.3. The Hall–Kier alpha value is -3.87. The van der Waals surface area contributed by atoms with E-state index in [0.29, 0.717) is 30.1 Å². The summed E-state index contributed by atoms with van der Waals surface area (Å²) in [7, 11) is 3.85. The molecule has 0 aliphatic rings. The van der Waals surface area contributed by atoms with Crippen LogP contribution in [0.4, 0.5) is 15.8 Å². The zero-order valence-corrected chi connectivity index (χ0v) is 19.8. The Morgan fingerprint density at radius 2 is 1.68 bits per heavy atom. The van der Waals surface area contributed by atoms with E-state index in [1.165, 1.54) is 24.3 Å². The molecule has 0 saturated carbocycles. The highest BCUT2D eigenvalue weighted by Crippen LogP contribution is 2.25. The molecule has 7 heteroatoms. The minimum absolute atomic E-state index is 0.111. The first-order chi connectivity index (χ1) is 16.4. The number of ether oxygens (including phenoxy) is 1. The molecule has 1 N–H and O–H groups in total. The van der Waals surface area contributed by atoms with Crippen molar-refractivity contribution >= 4 is 23.2 Å². The van der Waals surface area contributed by atoms with E-state index in [2.05, 4.69) is 5.32 Å². The molecule has 0 radical (unpaired) electrons. The molecule has 3 rings (SSSR count). The van der Waals surface area contributed by atoms with Gasteiger partial charge in [-0.25, -0.2) is 4.39 Å². The lowest BCUT2D eigenvalue weighted by molar-refractivity contribution is -0.118. The predicted molar refractivity (Wildman–Crippen MR) is 133 cm³/mol. The van der Waals surface area contributed by atoms with E-state index in [1.54, 1.807) is 17.0 Å². The van der Waals surface area contributed by atoms with Crippen LogP contribution in [-0.2, 0) is 11.3 Å². The summed E-state index contributed by atoms with van der Waals surface area (Å²) in [6.45, 7) is 2.79. The quantitative estimate of drug-likeness (QED) is 0.462. The number of carbonyl (C=O) groups excluding carboxylic acids is 2. The molecule has 2 amide bonds. The lowest BCUT2D eigenvalue weighted by atomic mass is 10.1. The molecule has 0 saturated heterocycles. The number of hydrogen-bond donors (Lipinski definition) is 1. The van der Waals surface area contributed by atoms with Gasteiger partial charge in [-0.3, -0.25) is 9.59 Å². The van der Waals surface area contributed by atoms with Crippen LogP contribution in [-0.4, -0.2) is 44.0 Å². The van der Waals surface area contributed by atoms with Gasteiger partial charge >= 0.3 is 0 Å². The molecule has 0 aromatic heterocycles. The zero-order chi connectivity index (χ0) is 24.5. The first kappa shape index (κ1) is 24.8. The molecule has 0 aliphatic carbocycles. The van der Waals surface area contributed by atoms with Crippen LogP contribution in [0.2, 0.25) is 0 Å². The molecule has 6 nitrogen and oxygen atoms in total. The van der Waals surface area contributed by atoms with Crippen LogP contribution < -0.4 is 15.0 Å². The zero-order valence-electron chi connectivity index (χ0n) is 19.8. The molecule has 0 heterocycles. The number of halogens is 1. The van der Waals surface area contributed by atoms with Gasteiger partial charge in [-0.1, -0.05) is 25.1 Å². The molecule has 0 atom stereocenters. The molecule has 0 unspecified atom stereocenters. The number of nitrogens with one attached hydrogen (secondary N) is 1. The van der Waals surface area contributed by atoms with Crippen LogP contribution in [0.1, 0.15) is 29.3 Å². The van der Waals surface area contributed by atoms with Gasteiger partial charge in [0.2, 0.25) is 0 Å². The van der Waals surface area contributed by atoms with Crippen molar-refractivity contribution in [2.24, 2.45) is 0 Å². The first-order valence-corrected chi connectivity index (χ1v) is 11.2. The summed E-state index contributed by atoms with van der Waals surface area (Å²) in [4.78, 5) is 29.2.